The molecule has 0 saturated heterocycles. The predicted octanol–water partition coefficient (Wildman–Crippen LogP) is 1.52. The van der Waals surface area contributed by atoms with E-state index in [1.54, 1.807) is 19.2 Å². The average Bonchev–Trinajstić information content (AvgIpc) is 3.18. The molecule has 0 aliphatic rings. The third-order valence-electron chi connectivity index (χ3n) is 4.65. The van der Waals surface area contributed by atoms with Crippen LogP contribution in [-0.2, 0) is 15.3 Å². The van der Waals surface area contributed by atoms with Crippen molar-refractivity contribution in [3.63, 3.8) is 0 Å². The number of methoxy groups -OCH3 is 1. The Kier molecular flexibility index (Phi) is 6.65. The van der Waals surface area contributed by atoms with Crippen LogP contribution in [0.15, 0.2) is 36.7 Å². The number of nitrogen functional groups attached to an aromatic ring is 1. The first-order chi connectivity index (χ1) is 14.4. The second-order valence-electron chi connectivity index (χ2n) is 6.66. The van der Waals surface area contributed by atoms with Gasteiger partial charge in [-0.1, -0.05) is 18.2 Å². The van der Waals surface area contributed by atoms with E-state index in [0.717, 1.165) is 4.57 Å². The summed E-state index contributed by atoms with van der Waals surface area (Å²) in [4.78, 5) is 12.2. The van der Waals surface area contributed by atoms with Crippen molar-refractivity contribution in [1.82, 2.24) is 19.5 Å². The van der Waals surface area contributed by atoms with Crippen LogP contribution < -0.4 is 15.8 Å². The van der Waals surface area contributed by atoms with E-state index in [-0.39, 0.29) is 25.0 Å². The number of para-hydroxylation sites is 1. The van der Waals surface area contributed by atoms with E-state index in [2.05, 4.69) is 20.3 Å². The number of hydrogen-bond donors (Lipinski definition) is 3. The Labute approximate surface area is 172 Å². The lowest BCUT2D eigenvalue weighted by Crippen LogP contribution is -2.48. The van der Waals surface area contributed by atoms with Crippen LogP contribution in [0.2, 0.25) is 0 Å². The Hall–Kier alpha value is -3.02. The molecule has 11 heteroatoms. The van der Waals surface area contributed by atoms with Gasteiger partial charge < -0.3 is 30.4 Å². The molecule has 0 spiro atoms. The number of benzene rings is 1. The quantitative estimate of drug-likeness (QED) is 0.330. The molecule has 2 heterocycles. The minimum atomic E-state index is -2.33. The van der Waals surface area contributed by atoms with Gasteiger partial charge in [-0.2, -0.15) is 9.97 Å². The van der Waals surface area contributed by atoms with Gasteiger partial charge in [-0.05, 0) is 19.1 Å². The minimum absolute atomic E-state index is 0.0522. The molecule has 0 aliphatic heterocycles. The van der Waals surface area contributed by atoms with Crippen molar-refractivity contribution in [3.8, 4) is 5.75 Å². The van der Waals surface area contributed by atoms with Gasteiger partial charge in [-0.25, -0.2) is 9.37 Å². The summed E-state index contributed by atoms with van der Waals surface area (Å²) >= 11 is 0. The van der Waals surface area contributed by atoms with E-state index >= 15 is 4.39 Å². The molecule has 4 N–H and O–H groups in total. The van der Waals surface area contributed by atoms with Gasteiger partial charge in [0.1, 0.15) is 18.0 Å². The lowest BCUT2D eigenvalue weighted by atomic mass is 10.0. The van der Waals surface area contributed by atoms with E-state index < -0.39 is 18.0 Å². The summed E-state index contributed by atoms with van der Waals surface area (Å²) in [6.07, 6.45) is -1.36. The molecule has 0 bridgehead atoms. The fourth-order valence-corrected chi connectivity index (χ4v) is 2.97. The van der Waals surface area contributed by atoms with Crippen molar-refractivity contribution < 1.29 is 23.7 Å². The van der Waals surface area contributed by atoms with E-state index in [1.165, 1.54) is 20.4 Å². The molecule has 0 aliphatic carbocycles. The maximum absolute atomic E-state index is 15.7. The number of nitrogens with one attached hydrogen (secondary N) is 1. The topological polar surface area (TPSA) is 130 Å². The van der Waals surface area contributed by atoms with Gasteiger partial charge >= 0.3 is 0 Å². The zero-order valence-electron chi connectivity index (χ0n) is 16.9. The van der Waals surface area contributed by atoms with Crippen molar-refractivity contribution >= 4 is 22.9 Å². The van der Waals surface area contributed by atoms with Gasteiger partial charge in [-0.3, -0.25) is 4.57 Å². The second kappa shape index (κ2) is 9.20. The molecule has 0 amide bonds. The van der Waals surface area contributed by atoms with E-state index in [1.807, 2.05) is 18.2 Å². The number of aliphatic hydroxyl groups excluding tert-OH is 1. The number of hydrogen-bond acceptors (Lipinski definition) is 9. The Morgan fingerprint density at radius 2 is 2.03 bits per heavy atom. The number of aliphatic hydroxyl groups is 1. The molecular formula is C19H25FN6O4. The van der Waals surface area contributed by atoms with E-state index in [0.29, 0.717) is 17.1 Å². The Balaban J connectivity index is 1.72. The third-order valence-corrected chi connectivity index (χ3v) is 4.65. The van der Waals surface area contributed by atoms with Gasteiger partial charge in [-0.15, -0.1) is 0 Å². The van der Waals surface area contributed by atoms with Crippen molar-refractivity contribution in [2.24, 2.45) is 0 Å². The van der Waals surface area contributed by atoms with Crippen molar-refractivity contribution in [2.75, 3.05) is 38.6 Å². The highest BCUT2D eigenvalue weighted by molar-refractivity contribution is 5.84. The Bertz CT molecular complexity index is 968. The lowest BCUT2D eigenvalue weighted by molar-refractivity contribution is -0.150. The molecule has 1 unspecified atom stereocenters. The third kappa shape index (κ3) is 4.42. The Morgan fingerprint density at radius 1 is 1.30 bits per heavy atom. The zero-order chi connectivity index (χ0) is 21.7. The summed E-state index contributed by atoms with van der Waals surface area (Å²) in [5, 5.41) is 13.6. The average molecular weight is 420 g/mol. The molecule has 162 valence electrons. The van der Waals surface area contributed by atoms with Gasteiger partial charge in [0.05, 0.1) is 12.9 Å². The molecule has 0 radical (unpaired) electrons. The molecule has 10 nitrogen and oxygen atoms in total. The summed E-state index contributed by atoms with van der Waals surface area (Å²) in [5.74, 6) is -1.40. The lowest BCUT2D eigenvalue weighted by Gasteiger charge is -2.32. The molecule has 0 fully saturated rings. The highest BCUT2D eigenvalue weighted by Crippen LogP contribution is 2.31. The summed E-state index contributed by atoms with van der Waals surface area (Å²) in [6, 6.07) is 9.09. The minimum Gasteiger partial charge on any atom is -0.468 e. The smallest absolute Gasteiger partial charge is 0.224 e. The van der Waals surface area contributed by atoms with Crippen LogP contribution in [0.4, 0.5) is 16.2 Å². The number of rotatable bonds is 10. The van der Waals surface area contributed by atoms with Gasteiger partial charge in [0.15, 0.2) is 23.8 Å². The van der Waals surface area contributed by atoms with Crippen LogP contribution in [0, 0.1) is 0 Å². The number of anilines is 2. The molecule has 3 rings (SSSR count). The van der Waals surface area contributed by atoms with Crippen LogP contribution in [0.25, 0.3) is 11.2 Å². The largest absolute Gasteiger partial charge is 0.468 e. The van der Waals surface area contributed by atoms with E-state index in [9.17, 15) is 5.11 Å². The summed E-state index contributed by atoms with van der Waals surface area (Å²) in [7, 11) is 3.00. The number of fused-ring (bicyclic) bond motifs is 1. The molecule has 3 aromatic rings. The van der Waals surface area contributed by atoms with Crippen LogP contribution in [0.5, 0.6) is 5.75 Å². The molecule has 30 heavy (non-hydrogen) atoms. The van der Waals surface area contributed by atoms with Gasteiger partial charge in [0, 0.05) is 14.2 Å². The Morgan fingerprint density at radius 3 is 2.70 bits per heavy atom. The van der Waals surface area contributed by atoms with E-state index in [4.69, 9.17) is 19.9 Å². The van der Waals surface area contributed by atoms with Crippen molar-refractivity contribution in [1.29, 1.82) is 0 Å². The van der Waals surface area contributed by atoms with Crippen LogP contribution in [0.1, 0.15) is 6.92 Å². The number of nitrogens with two attached hydrogens (primary N) is 1. The number of alkyl halides is 1. The molecule has 1 aromatic carbocycles. The number of halogens is 1. The normalized spacial score (nSPS) is 15.5. The first-order valence-electron chi connectivity index (χ1n) is 9.22. The van der Waals surface area contributed by atoms with Gasteiger partial charge in [0.2, 0.25) is 11.7 Å². The van der Waals surface area contributed by atoms with Crippen LogP contribution >= 0.6 is 0 Å². The fourth-order valence-electron chi connectivity index (χ4n) is 2.97. The van der Waals surface area contributed by atoms with Crippen LogP contribution in [-0.4, -0.2) is 64.4 Å². The SMILES string of the molecule is CNc1nc(N)nc2c1ncn2[C@](C)(F)[C@H](O)C(COCOc1ccccc1)OC. The number of ether oxygens (including phenoxy) is 3. The summed E-state index contributed by atoms with van der Waals surface area (Å²) in [6.45, 7) is 1.01. The summed E-state index contributed by atoms with van der Waals surface area (Å²) in [5.41, 5.74) is 6.18. The zero-order valence-corrected chi connectivity index (χ0v) is 16.9. The molecule has 0 saturated carbocycles. The highest BCUT2D eigenvalue weighted by Gasteiger charge is 2.42. The number of nitrogens with zero attached hydrogens (tertiary/aromatic N) is 4. The van der Waals surface area contributed by atoms with Crippen molar-refractivity contribution in [3.05, 3.63) is 36.7 Å². The first kappa shape index (κ1) is 21.7. The second-order valence-corrected chi connectivity index (χ2v) is 6.66. The fraction of sp³-hybridized carbons (Fsp3) is 0.421. The monoisotopic (exact) mass is 420 g/mol. The molecule has 2 aromatic heterocycles. The first-order valence-corrected chi connectivity index (χ1v) is 9.22. The molecular weight excluding hydrogens is 395 g/mol. The van der Waals surface area contributed by atoms with Crippen molar-refractivity contribution in [2.45, 2.75) is 24.9 Å². The van der Waals surface area contributed by atoms with Crippen LogP contribution in [0.3, 0.4) is 0 Å². The maximum atomic E-state index is 15.7. The summed E-state index contributed by atoms with van der Waals surface area (Å²) < 4.78 is 32.9. The molecule has 3 atom stereocenters. The standard InChI is InChI=1S/C19H25FN6O4/c1-19(20,26-10-23-14-16(22-2)24-18(21)25-17(14)26)15(27)13(28-3)9-29-11-30-12-7-5-4-6-8-12/h4-8,10,13,15,27H,9,11H2,1-3H3,(H3,21,22,24,25)/t13?,15-,19+/m1/s1. The number of imidazole rings is 1. The number of aromatic nitrogens is 4. The maximum Gasteiger partial charge on any atom is 0.224 e. The highest BCUT2D eigenvalue weighted by atomic mass is 19.1. The van der Waals surface area contributed by atoms with Gasteiger partial charge in [0.25, 0.3) is 0 Å². The predicted molar refractivity (Wildman–Crippen MR) is 109 cm³/mol.